The molecule has 4 aromatic rings. The van der Waals surface area contributed by atoms with Crippen LogP contribution < -0.4 is 4.74 Å². The van der Waals surface area contributed by atoms with Crippen LogP contribution in [0.2, 0.25) is 0 Å². The molecule has 0 spiro atoms. The normalized spacial score (nSPS) is 12.6. The summed E-state index contributed by atoms with van der Waals surface area (Å²) in [6.45, 7) is 17.6. The summed E-state index contributed by atoms with van der Waals surface area (Å²) in [6, 6.07) is 13.5. The third-order valence-electron chi connectivity index (χ3n) is 8.39. The van der Waals surface area contributed by atoms with Crippen LogP contribution in [-0.4, -0.2) is 46.0 Å². The summed E-state index contributed by atoms with van der Waals surface area (Å²) in [5.74, 6) is 2.33. The van der Waals surface area contributed by atoms with Gasteiger partial charge >= 0.3 is 0 Å². The molecule has 46 heavy (non-hydrogen) atoms. The van der Waals surface area contributed by atoms with E-state index >= 15 is 0 Å². The van der Waals surface area contributed by atoms with Gasteiger partial charge in [-0.3, -0.25) is 0 Å². The number of ether oxygens (including phenoxy) is 2. The zero-order chi connectivity index (χ0) is 33.4. The molecule has 1 heterocycles. The molecule has 8 heteroatoms. The van der Waals surface area contributed by atoms with E-state index in [4.69, 9.17) is 24.4 Å². The maximum absolute atomic E-state index is 12.2. The zero-order valence-electron chi connectivity index (χ0n) is 28.6. The molecule has 2 atom stereocenters. The number of hydrogen-bond acceptors (Lipinski definition) is 8. The molecule has 0 saturated carbocycles. The van der Waals surface area contributed by atoms with Crippen molar-refractivity contribution in [3.8, 4) is 39.9 Å². The number of aliphatic hydroxyl groups is 1. The summed E-state index contributed by atoms with van der Waals surface area (Å²) in [7, 11) is 0. The minimum absolute atomic E-state index is 0.0292. The lowest BCUT2D eigenvalue weighted by molar-refractivity contribution is -0.00108. The molecule has 2 unspecified atom stereocenters. The lowest BCUT2D eigenvalue weighted by Gasteiger charge is -2.17. The molecule has 4 rings (SSSR count). The summed E-state index contributed by atoms with van der Waals surface area (Å²) in [6.07, 6.45) is 3.73. The maximum atomic E-state index is 12.2. The van der Waals surface area contributed by atoms with Gasteiger partial charge < -0.3 is 14.6 Å². The standard InChI is InChI=1S/C38H48N4O4/c1-9-11-12-29(10-2)20-45-21-30(43)22-46-31-13-14-32(33(19-31)42-44)36-39-37(34-25(5)15-23(3)16-26(34)6)41-38(40-36)35-27(7)17-24(4)18-28(35)8/h13-19,29-30,43H,9-12,20-22H2,1-8H3. The van der Waals surface area contributed by atoms with Gasteiger partial charge in [-0.15, -0.1) is 4.91 Å². The van der Waals surface area contributed by atoms with Crippen molar-refractivity contribution in [2.24, 2.45) is 11.1 Å². The van der Waals surface area contributed by atoms with E-state index in [1.165, 1.54) is 6.42 Å². The predicted octanol–water partition coefficient (Wildman–Crippen LogP) is 9.09. The van der Waals surface area contributed by atoms with Gasteiger partial charge in [-0.05, 0) is 93.4 Å². The molecule has 3 aromatic carbocycles. The van der Waals surface area contributed by atoms with Crippen molar-refractivity contribution in [2.45, 2.75) is 87.2 Å². The second-order valence-electron chi connectivity index (χ2n) is 12.5. The van der Waals surface area contributed by atoms with Crippen molar-refractivity contribution >= 4 is 5.69 Å². The topological polar surface area (TPSA) is 107 Å². The van der Waals surface area contributed by atoms with Crippen LogP contribution in [0.25, 0.3) is 34.2 Å². The monoisotopic (exact) mass is 624 g/mol. The number of hydrogen-bond donors (Lipinski definition) is 1. The lowest BCUT2D eigenvalue weighted by atomic mass is 9.97. The number of unbranched alkanes of at least 4 members (excludes halogenated alkanes) is 1. The number of benzene rings is 3. The minimum Gasteiger partial charge on any atom is -0.491 e. The van der Waals surface area contributed by atoms with Crippen molar-refractivity contribution in [1.82, 2.24) is 15.0 Å². The van der Waals surface area contributed by atoms with Gasteiger partial charge in [-0.1, -0.05) is 68.5 Å². The Kier molecular flexibility index (Phi) is 12.1. The molecule has 0 aliphatic rings. The molecule has 1 aromatic heterocycles. The molecule has 0 radical (unpaired) electrons. The number of aromatic nitrogens is 3. The molecule has 0 bridgehead atoms. The highest BCUT2D eigenvalue weighted by Gasteiger charge is 2.20. The van der Waals surface area contributed by atoms with Crippen LogP contribution in [0.4, 0.5) is 5.69 Å². The molecular formula is C38H48N4O4. The lowest BCUT2D eigenvalue weighted by Crippen LogP contribution is -2.25. The molecular weight excluding hydrogens is 576 g/mol. The van der Waals surface area contributed by atoms with Crippen molar-refractivity contribution in [2.75, 3.05) is 19.8 Å². The van der Waals surface area contributed by atoms with E-state index in [9.17, 15) is 10.0 Å². The minimum atomic E-state index is -0.799. The zero-order valence-corrected chi connectivity index (χ0v) is 28.6. The van der Waals surface area contributed by atoms with Crippen LogP contribution in [0, 0.1) is 52.4 Å². The molecule has 0 fully saturated rings. The molecule has 244 valence electrons. The van der Waals surface area contributed by atoms with E-state index in [1.54, 1.807) is 18.2 Å². The average Bonchev–Trinajstić information content (AvgIpc) is 3.00. The van der Waals surface area contributed by atoms with Crippen molar-refractivity contribution in [3.05, 3.63) is 80.8 Å². The SMILES string of the molecule is CCCCC(CC)COCC(O)COc1ccc(-c2nc(-c3c(C)cc(C)cc3C)nc(-c3c(C)cc(C)cc3C)n2)c(N=O)c1. The predicted molar refractivity (Wildman–Crippen MR) is 186 cm³/mol. The summed E-state index contributed by atoms with van der Waals surface area (Å²) in [4.78, 5) is 26.9. The first-order chi connectivity index (χ1) is 22.0. The Morgan fingerprint density at radius 1 is 0.739 bits per heavy atom. The number of rotatable bonds is 15. The fraction of sp³-hybridized carbons (Fsp3) is 0.447. The third-order valence-corrected chi connectivity index (χ3v) is 8.39. The first-order valence-electron chi connectivity index (χ1n) is 16.3. The highest BCUT2D eigenvalue weighted by atomic mass is 16.5. The Morgan fingerprint density at radius 2 is 1.28 bits per heavy atom. The van der Waals surface area contributed by atoms with Gasteiger partial charge in [0, 0.05) is 29.4 Å². The second kappa shape index (κ2) is 16.0. The number of aryl methyl sites for hydroxylation is 6. The van der Waals surface area contributed by atoms with Gasteiger partial charge in [-0.25, -0.2) is 15.0 Å². The van der Waals surface area contributed by atoms with E-state index in [-0.39, 0.29) is 18.9 Å². The largest absolute Gasteiger partial charge is 0.491 e. The van der Waals surface area contributed by atoms with E-state index < -0.39 is 6.10 Å². The van der Waals surface area contributed by atoms with Crippen LogP contribution in [0.1, 0.15) is 72.9 Å². The van der Waals surface area contributed by atoms with Gasteiger partial charge in [0.05, 0.1) is 6.61 Å². The summed E-state index contributed by atoms with van der Waals surface area (Å²) >= 11 is 0. The van der Waals surface area contributed by atoms with E-state index in [1.807, 2.05) is 0 Å². The van der Waals surface area contributed by atoms with E-state index in [0.717, 1.165) is 63.8 Å². The third kappa shape index (κ3) is 8.62. The van der Waals surface area contributed by atoms with Crippen LogP contribution in [0.5, 0.6) is 5.75 Å². The van der Waals surface area contributed by atoms with E-state index in [0.29, 0.717) is 41.3 Å². The van der Waals surface area contributed by atoms with Crippen LogP contribution in [0.3, 0.4) is 0 Å². The molecule has 0 saturated heterocycles. The molecule has 0 amide bonds. The van der Waals surface area contributed by atoms with Gasteiger partial charge in [0.25, 0.3) is 0 Å². The molecule has 0 aliphatic heterocycles. The summed E-state index contributed by atoms with van der Waals surface area (Å²) in [5, 5.41) is 13.8. The Labute approximate surface area is 273 Å². The fourth-order valence-corrected chi connectivity index (χ4v) is 6.16. The number of aliphatic hydroxyl groups excluding tert-OH is 1. The Bertz CT molecular complexity index is 1550. The number of nitroso groups, excluding NO2 is 1. The Hall–Kier alpha value is -4.01. The van der Waals surface area contributed by atoms with Gasteiger partial charge in [0.15, 0.2) is 17.5 Å². The van der Waals surface area contributed by atoms with E-state index in [2.05, 4.69) is 84.8 Å². The van der Waals surface area contributed by atoms with Crippen molar-refractivity contribution in [3.63, 3.8) is 0 Å². The fourth-order valence-electron chi connectivity index (χ4n) is 6.16. The molecule has 0 aliphatic carbocycles. The van der Waals surface area contributed by atoms with Gasteiger partial charge in [0.2, 0.25) is 0 Å². The Balaban J connectivity index is 1.65. The molecule has 8 nitrogen and oxygen atoms in total. The Morgan fingerprint density at radius 3 is 1.78 bits per heavy atom. The van der Waals surface area contributed by atoms with Crippen LogP contribution in [-0.2, 0) is 4.74 Å². The maximum Gasteiger partial charge on any atom is 0.166 e. The highest BCUT2D eigenvalue weighted by Crippen LogP contribution is 2.36. The quantitative estimate of drug-likeness (QED) is 0.131. The van der Waals surface area contributed by atoms with Crippen molar-refractivity contribution in [1.29, 1.82) is 0 Å². The first kappa shape index (κ1) is 34.9. The second-order valence-corrected chi connectivity index (χ2v) is 12.5. The summed E-state index contributed by atoms with van der Waals surface area (Å²) in [5.41, 5.74) is 9.05. The average molecular weight is 625 g/mol. The highest BCUT2D eigenvalue weighted by molar-refractivity contribution is 5.77. The first-order valence-corrected chi connectivity index (χ1v) is 16.3. The van der Waals surface area contributed by atoms with Crippen LogP contribution in [0.15, 0.2) is 47.6 Å². The van der Waals surface area contributed by atoms with Gasteiger partial charge in [0.1, 0.15) is 24.1 Å². The van der Waals surface area contributed by atoms with Gasteiger partial charge in [-0.2, -0.15) is 0 Å². The van der Waals surface area contributed by atoms with Crippen LogP contribution >= 0.6 is 0 Å². The van der Waals surface area contributed by atoms with Crippen molar-refractivity contribution < 1.29 is 14.6 Å². The summed E-state index contributed by atoms with van der Waals surface area (Å²) < 4.78 is 11.6. The smallest absolute Gasteiger partial charge is 0.166 e. The molecule has 1 N–H and O–H groups in total. The number of nitrogens with zero attached hydrogens (tertiary/aromatic N) is 4.